The summed E-state index contributed by atoms with van der Waals surface area (Å²) >= 11 is 0. The summed E-state index contributed by atoms with van der Waals surface area (Å²) in [5.74, 6) is 1.83. The van der Waals surface area contributed by atoms with Crippen LogP contribution >= 0.6 is 0 Å². The first-order chi connectivity index (χ1) is 5.32. The third-order valence-corrected chi connectivity index (χ3v) is 4.16. The second-order valence-electron chi connectivity index (χ2n) is 4.37. The van der Waals surface area contributed by atoms with Gasteiger partial charge in [0.05, 0.1) is 0 Å². The molecule has 1 N–H and O–H groups in total. The van der Waals surface area contributed by atoms with Crippen molar-refractivity contribution in [3.05, 3.63) is 0 Å². The van der Waals surface area contributed by atoms with Crippen LogP contribution in [0.15, 0.2) is 0 Å². The van der Waals surface area contributed by atoms with E-state index in [1.807, 2.05) is 0 Å². The number of hydrogen-bond acceptors (Lipinski definition) is 1. The van der Waals surface area contributed by atoms with E-state index < -0.39 is 0 Å². The van der Waals surface area contributed by atoms with E-state index in [-0.39, 0.29) is 0 Å². The molecular weight excluding hydrogens is 136 g/mol. The molecule has 3 atom stereocenters. The standard InChI is InChI=1S/C10H18O/c1-2-8-3-5-10(7-11)6-4-9(8)10/h8-9,11H,2-7H2,1H3/t8?,9-,10-/m1/s1. The van der Waals surface area contributed by atoms with Crippen LogP contribution in [0.4, 0.5) is 0 Å². The van der Waals surface area contributed by atoms with Crippen LogP contribution in [0.1, 0.15) is 39.0 Å². The average Bonchev–Trinajstić information content (AvgIpc) is 2.24. The van der Waals surface area contributed by atoms with Crippen molar-refractivity contribution in [3.63, 3.8) is 0 Å². The highest BCUT2D eigenvalue weighted by Gasteiger charge is 2.53. The minimum absolute atomic E-state index is 0.403. The second-order valence-corrected chi connectivity index (χ2v) is 4.37. The summed E-state index contributed by atoms with van der Waals surface area (Å²) in [7, 11) is 0. The molecule has 0 aromatic rings. The maximum absolute atomic E-state index is 9.26. The van der Waals surface area contributed by atoms with Crippen LogP contribution in [0, 0.1) is 17.3 Å². The molecule has 0 radical (unpaired) electrons. The first-order valence-electron chi connectivity index (χ1n) is 4.93. The monoisotopic (exact) mass is 154 g/mol. The van der Waals surface area contributed by atoms with Crippen molar-refractivity contribution in [2.45, 2.75) is 39.0 Å². The molecule has 0 amide bonds. The van der Waals surface area contributed by atoms with Gasteiger partial charge in [-0.05, 0) is 42.9 Å². The van der Waals surface area contributed by atoms with E-state index in [0.717, 1.165) is 11.8 Å². The average molecular weight is 154 g/mol. The Morgan fingerprint density at radius 1 is 1.36 bits per heavy atom. The third-order valence-electron chi connectivity index (χ3n) is 4.16. The second kappa shape index (κ2) is 2.48. The molecule has 2 rings (SSSR count). The number of hydrogen-bond donors (Lipinski definition) is 1. The maximum Gasteiger partial charge on any atom is 0.0490 e. The van der Waals surface area contributed by atoms with Gasteiger partial charge in [0.15, 0.2) is 0 Å². The van der Waals surface area contributed by atoms with Gasteiger partial charge in [0.2, 0.25) is 0 Å². The molecule has 2 aliphatic carbocycles. The van der Waals surface area contributed by atoms with Gasteiger partial charge in [-0.15, -0.1) is 0 Å². The topological polar surface area (TPSA) is 20.2 Å². The van der Waals surface area contributed by atoms with Gasteiger partial charge in [-0.25, -0.2) is 0 Å². The molecule has 0 aromatic carbocycles. The fraction of sp³-hybridized carbons (Fsp3) is 1.00. The lowest BCUT2D eigenvalue weighted by Gasteiger charge is -2.45. The van der Waals surface area contributed by atoms with Crippen LogP contribution in [0.5, 0.6) is 0 Å². The van der Waals surface area contributed by atoms with Gasteiger partial charge in [0.25, 0.3) is 0 Å². The van der Waals surface area contributed by atoms with E-state index in [4.69, 9.17) is 0 Å². The Morgan fingerprint density at radius 2 is 2.09 bits per heavy atom. The molecule has 0 aliphatic heterocycles. The lowest BCUT2D eigenvalue weighted by Crippen LogP contribution is -2.41. The van der Waals surface area contributed by atoms with Crippen molar-refractivity contribution in [2.75, 3.05) is 6.61 Å². The first-order valence-corrected chi connectivity index (χ1v) is 4.93. The van der Waals surface area contributed by atoms with Crippen LogP contribution in [0.25, 0.3) is 0 Å². The molecule has 1 heteroatoms. The molecule has 64 valence electrons. The zero-order valence-electron chi connectivity index (χ0n) is 7.34. The third kappa shape index (κ3) is 0.868. The Labute approximate surface area is 68.8 Å². The molecule has 1 nitrogen and oxygen atoms in total. The van der Waals surface area contributed by atoms with Crippen LogP contribution < -0.4 is 0 Å². The fourth-order valence-electron chi connectivity index (χ4n) is 3.20. The van der Waals surface area contributed by atoms with Gasteiger partial charge in [-0.1, -0.05) is 13.3 Å². The normalized spacial score (nSPS) is 48.5. The number of aliphatic hydroxyl groups is 1. The zero-order valence-corrected chi connectivity index (χ0v) is 7.34. The van der Waals surface area contributed by atoms with Crippen molar-refractivity contribution in [3.8, 4) is 0 Å². The van der Waals surface area contributed by atoms with Crippen LogP contribution in [0.3, 0.4) is 0 Å². The molecule has 2 fully saturated rings. The summed E-state index contributed by atoms with van der Waals surface area (Å²) in [6.45, 7) is 2.74. The number of fused-ring (bicyclic) bond motifs is 1. The van der Waals surface area contributed by atoms with Gasteiger partial charge < -0.3 is 5.11 Å². The van der Waals surface area contributed by atoms with Gasteiger partial charge in [0.1, 0.15) is 0 Å². The van der Waals surface area contributed by atoms with E-state index >= 15 is 0 Å². The molecule has 0 aromatic heterocycles. The van der Waals surface area contributed by atoms with Gasteiger partial charge in [-0.2, -0.15) is 0 Å². The molecule has 0 bridgehead atoms. The highest BCUT2D eigenvalue weighted by molar-refractivity contribution is 5.02. The smallest absolute Gasteiger partial charge is 0.0490 e. The van der Waals surface area contributed by atoms with Gasteiger partial charge in [-0.3, -0.25) is 0 Å². The van der Waals surface area contributed by atoms with E-state index in [9.17, 15) is 5.11 Å². The summed E-state index contributed by atoms with van der Waals surface area (Å²) in [4.78, 5) is 0. The van der Waals surface area contributed by atoms with E-state index in [0.29, 0.717) is 12.0 Å². The lowest BCUT2D eigenvalue weighted by atomic mass is 9.60. The highest BCUT2D eigenvalue weighted by Crippen LogP contribution is 2.60. The summed E-state index contributed by atoms with van der Waals surface area (Å²) in [6, 6.07) is 0. The Morgan fingerprint density at radius 3 is 2.45 bits per heavy atom. The van der Waals surface area contributed by atoms with E-state index in [1.54, 1.807) is 0 Å². The minimum Gasteiger partial charge on any atom is -0.396 e. The Bertz CT molecular complexity index is 151. The SMILES string of the molecule is CCC1CC[C@]2(CO)CC[C@H]12. The molecule has 0 saturated heterocycles. The van der Waals surface area contributed by atoms with E-state index in [2.05, 4.69) is 6.92 Å². The predicted octanol–water partition coefficient (Wildman–Crippen LogP) is 2.20. The summed E-state index contributed by atoms with van der Waals surface area (Å²) in [5, 5.41) is 9.26. The lowest BCUT2D eigenvalue weighted by molar-refractivity contribution is -0.0175. The van der Waals surface area contributed by atoms with Gasteiger partial charge >= 0.3 is 0 Å². The van der Waals surface area contributed by atoms with Crippen LogP contribution in [-0.2, 0) is 0 Å². The molecule has 0 spiro atoms. The van der Waals surface area contributed by atoms with Crippen molar-refractivity contribution >= 4 is 0 Å². The molecule has 1 unspecified atom stereocenters. The minimum atomic E-state index is 0.403. The van der Waals surface area contributed by atoms with Crippen LogP contribution in [0.2, 0.25) is 0 Å². The molecular formula is C10H18O. The van der Waals surface area contributed by atoms with E-state index in [1.165, 1.54) is 32.1 Å². The summed E-state index contributed by atoms with van der Waals surface area (Å²) < 4.78 is 0. The largest absolute Gasteiger partial charge is 0.396 e. The molecule has 2 saturated carbocycles. The van der Waals surface area contributed by atoms with Crippen LogP contribution in [-0.4, -0.2) is 11.7 Å². The van der Waals surface area contributed by atoms with Gasteiger partial charge in [0, 0.05) is 6.61 Å². The molecule has 11 heavy (non-hydrogen) atoms. The van der Waals surface area contributed by atoms with Crippen molar-refractivity contribution in [1.82, 2.24) is 0 Å². The van der Waals surface area contributed by atoms with Crippen molar-refractivity contribution < 1.29 is 5.11 Å². The Kier molecular flexibility index (Phi) is 1.71. The number of rotatable bonds is 2. The summed E-state index contributed by atoms with van der Waals surface area (Å²) in [6.07, 6.45) is 6.69. The highest BCUT2D eigenvalue weighted by atomic mass is 16.3. The molecule has 0 heterocycles. The Balaban J connectivity index is 2.07. The zero-order chi connectivity index (χ0) is 7.90. The van der Waals surface area contributed by atoms with Crippen molar-refractivity contribution in [2.24, 2.45) is 17.3 Å². The molecule has 2 aliphatic rings. The maximum atomic E-state index is 9.26. The predicted molar refractivity (Wildman–Crippen MR) is 45.3 cm³/mol. The summed E-state index contributed by atoms with van der Waals surface area (Å²) in [5.41, 5.74) is 0.403. The quantitative estimate of drug-likeness (QED) is 0.646. The Hall–Kier alpha value is -0.0400. The van der Waals surface area contributed by atoms with Crippen molar-refractivity contribution in [1.29, 1.82) is 0 Å². The first kappa shape index (κ1) is 7.60. The fourth-order valence-corrected chi connectivity index (χ4v) is 3.20. The number of aliphatic hydroxyl groups excluding tert-OH is 1.